The van der Waals surface area contributed by atoms with Crippen molar-refractivity contribution in [3.8, 4) is 0 Å². The van der Waals surface area contributed by atoms with Gasteiger partial charge in [0.15, 0.2) is 0 Å². The molecule has 0 aromatic heterocycles. The topological polar surface area (TPSA) is 104 Å². The molecule has 1 unspecified atom stereocenters. The highest BCUT2D eigenvalue weighted by atomic mass is 31.2. The van der Waals surface area contributed by atoms with Crippen LogP contribution in [0.2, 0.25) is 0 Å². The molecule has 5 nitrogen and oxygen atoms in total. The average molecular weight is 155 g/mol. The maximum Gasteiger partial charge on any atom is 0.329 e. The van der Waals surface area contributed by atoms with Crippen LogP contribution in [0.25, 0.3) is 0 Å². The second kappa shape index (κ2) is 2.36. The van der Waals surface area contributed by atoms with E-state index in [1.165, 1.54) is 0 Å². The summed E-state index contributed by atoms with van der Waals surface area (Å²) >= 11 is 0. The summed E-state index contributed by atoms with van der Waals surface area (Å²) in [5.74, 6) is 0. The van der Waals surface area contributed by atoms with Gasteiger partial charge < -0.3 is 20.6 Å². The van der Waals surface area contributed by atoms with Gasteiger partial charge in [-0.3, -0.25) is 4.57 Å². The van der Waals surface area contributed by atoms with Crippen molar-refractivity contribution in [3.05, 3.63) is 0 Å². The minimum atomic E-state index is -4.16. The molecule has 6 heteroatoms. The van der Waals surface area contributed by atoms with Crippen LogP contribution in [0.3, 0.4) is 0 Å². The number of hydrogen-bond acceptors (Lipinski definition) is 3. The molecule has 0 fully saturated rings. The quantitative estimate of drug-likeness (QED) is 0.297. The summed E-state index contributed by atoms with van der Waals surface area (Å²) in [5, 5.41) is 8.64. The van der Waals surface area contributed by atoms with Crippen LogP contribution in [0.15, 0.2) is 0 Å². The van der Waals surface area contributed by atoms with E-state index < -0.39 is 19.5 Å². The van der Waals surface area contributed by atoms with Crippen molar-refractivity contribution in [2.24, 2.45) is 5.73 Å². The molecule has 0 heterocycles. The highest BCUT2D eigenvalue weighted by Gasteiger charge is 2.25. The predicted molar refractivity (Wildman–Crippen MR) is 31.7 cm³/mol. The Morgan fingerprint density at radius 2 is 2.00 bits per heavy atom. The summed E-state index contributed by atoms with van der Waals surface area (Å²) in [7, 11) is -4.16. The van der Waals surface area contributed by atoms with Crippen molar-refractivity contribution in [2.75, 3.05) is 6.16 Å². The molecular weight excluding hydrogens is 145 g/mol. The highest BCUT2D eigenvalue weighted by Crippen LogP contribution is 2.36. The molecule has 5 N–H and O–H groups in total. The van der Waals surface area contributed by atoms with Gasteiger partial charge in [-0.15, -0.1) is 0 Å². The Kier molecular flexibility index (Phi) is 2.38. The fourth-order valence-corrected chi connectivity index (χ4v) is 1.25. The molecule has 0 saturated carbocycles. The zero-order chi connectivity index (χ0) is 7.71. The van der Waals surface area contributed by atoms with Gasteiger partial charge in [-0.2, -0.15) is 0 Å². The maximum absolute atomic E-state index is 10.1. The van der Waals surface area contributed by atoms with Crippen LogP contribution in [-0.2, 0) is 4.57 Å². The Morgan fingerprint density at radius 3 is 2.00 bits per heavy atom. The van der Waals surface area contributed by atoms with E-state index in [4.69, 9.17) is 20.6 Å². The van der Waals surface area contributed by atoms with Crippen LogP contribution in [-0.4, -0.2) is 26.8 Å². The third kappa shape index (κ3) is 8.07. The largest absolute Gasteiger partial charge is 0.376 e. The smallest absolute Gasteiger partial charge is 0.329 e. The second-order valence-electron chi connectivity index (χ2n) is 2.18. The lowest BCUT2D eigenvalue weighted by atomic mass is 10.3. The Bertz CT molecular complexity index is 133. The van der Waals surface area contributed by atoms with E-state index in [9.17, 15) is 4.57 Å². The third-order valence-corrected chi connectivity index (χ3v) is 1.58. The summed E-state index contributed by atoms with van der Waals surface area (Å²) in [6.07, 6.45) is -0.708. The summed E-state index contributed by atoms with van der Waals surface area (Å²) in [6.45, 7) is 1.13. The van der Waals surface area contributed by atoms with Crippen molar-refractivity contribution >= 4 is 7.60 Å². The lowest BCUT2D eigenvalue weighted by Gasteiger charge is -2.16. The van der Waals surface area contributed by atoms with Crippen LogP contribution < -0.4 is 5.73 Å². The molecule has 0 aliphatic carbocycles. The third-order valence-electron chi connectivity index (χ3n) is 0.526. The standard InChI is InChI=1S/C3H10NO4P/c1-3(4,5)2-9(6,7)8/h5H,2,4H2,1H3,(H2,6,7,8). The molecule has 0 amide bonds. The zero-order valence-corrected chi connectivity index (χ0v) is 5.88. The molecule has 0 aromatic carbocycles. The molecule has 0 rings (SSSR count). The van der Waals surface area contributed by atoms with Gasteiger partial charge in [0.05, 0.1) is 6.16 Å². The van der Waals surface area contributed by atoms with E-state index >= 15 is 0 Å². The van der Waals surface area contributed by atoms with Gasteiger partial charge in [0.25, 0.3) is 0 Å². The van der Waals surface area contributed by atoms with Gasteiger partial charge in [0.2, 0.25) is 0 Å². The molecule has 0 radical (unpaired) electrons. The van der Waals surface area contributed by atoms with E-state index in [1.807, 2.05) is 0 Å². The first-order chi connectivity index (χ1) is 3.71. The van der Waals surface area contributed by atoms with Crippen molar-refractivity contribution in [1.29, 1.82) is 0 Å². The number of rotatable bonds is 2. The van der Waals surface area contributed by atoms with Gasteiger partial charge in [-0.25, -0.2) is 0 Å². The Labute approximate surface area is 52.7 Å². The second-order valence-corrected chi connectivity index (χ2v) is 3.83. The van der Waals surface area contributed by atoms with Crippen molar-refractivity contribution < 1.29 is 19.5 Å². The van der Waals surface area contributed by atoms with E-state index in [-0.39, 0.29) is 0 Å². The molecule has 0 saturated heterocycles. The van der Waals surface area contributed by atoms with Gasteiger partial charge in [-0.05, 0) is 6.92 Å². The van der Waals surface area contributed by atoms with Gasteiger partial charge >= 0.3 is 7.60 Å². The highest BCUT2D eigenvalue weighted by molar-refractivity contribution is 7.51. The molecule has 0 spiro atoms. The van der Waals surface area contributed by atoms with Gasteiger partial charge in [0, 0.05) is 0 Å². The molecule has 0 bridgehead atoms. The Balaban J connectivity index is 3.90. The minimum Gasteiger partial charge on any atom is -0.376 e. The first-order valence-corrected chi connectivity index (χ1v) is 4.06. The summed E-state index contributed by atoms with van der Waals surface area (Å²) in [5.41, 5.74) is 3.11. The molecule has 1 atom stereocenters. The maximum atomic E-state index is 10.1. The van der Waals surface area contributed by atoms with Crippen LogP contribution in [0, 0.1) is 0 Å². The van der Waals surface area contributed by atoms with Crippen LogP contribution in [0.5, 0.6) is 0 Å². The van der Waals surface area contributed by atoms with Gasteiger partial charge in [0.1, 0.15) is 5.72 Å². The van der Waals surface area contributed by atoms with Crippen LogP contribution in [0.1, 0.15) is 6.92 Å². The van der Waals surface area contributed by atoms with E-state index in [0.717, 1.165) is 6.92 Å². The van der Waals surface area contributed by atoms with E-state index in [0.29, 0.717) is 0 Å². The van der Waals surface area contributed by atoms with Crippen LogP contribution in [0.4, 0.5) is 0 Å². The molecule has 56 valence electrons. The van der Waals surface area contributed by atoms with Crippen LogP contribution >= 0.6 is 7.60 Å². The fourth-order valence-electron chi connectivity index (χ4n) is 0.417. The van der Waals surface area contributed by atoms with E-state index in [1.54, 1.807) is 0 Å². The Hall–Kier alpha value is 0.0700. The number of nitrogens with two attached hydrogens (primary N) is 1. The zero-order valence-electron chi connectivity index (χ0n) is 4.98. The first-order valence-electron chi connectivity index (χ1n) is 2.26. The lowest BCUT2D eigenvalue weighted by molar-refractivity contribution is 0.0858. The lowest BCUT2D eigenvalue weighted by Crippen LogP contribution is -2.39. The molecular formula is C3H10NO4P. The fraction of sp³-hybridized carbons (Fsp3) is 1.00. The molecule has 0 aliphatic heterocycles. The van der Waals surface area contributed by atoms with Crippen molar-refractivity contribution in [1.82, 2.24) is 0 Å². The number of aliphatic hydroxyl groups is 1. The van der Waals surface area contributed by atoms with E-state index in [2.05, 4.69) is 0 Å². The SMILES string of the molecule is CC(N)(O)CP(=O)(O)O. The van der Waals surface area contributed by atoms with Crippen molar-refractivity contribution in [3.63, 3.8) is 0 Å². The predicted octanol–water partition coefficient (Wildman–Crippen LogP) is -1.17. The normalized spacial score (nSPS) is 19.2. The summed E-state index contributed by atoms with van der Waals surface area (Å²) in [6, 6.07) is 0. The molecule has 9 heavy (non-hydrogen) atoms. The van der Waals surface area contributed by atoms with Crippen molar-refractivity contribution in [2.45, 2.75) is 12.6 Å². The molecule has 0 aromatic rings. The number of hydrogen-bond donors (Lipinski definition) is 4. The van der Waals surface area contributed by atoms with Gasteiger partial charge in [-0.1, -0.05) is 0 Å². The minimum absolute atomic E-state index is 0.708. The first kappa shape index (κ1) is 9.07. The summed E-state index contributed by atoms with van der Waals surface area (Å²) in [4.78, 5) is 16.4. The molecule has 0 aliphatic rings. The average Bonchev–Trinajstić information content (AvgIpc) is 1.14. The summed E-state index contributed by atoms with van der Waals surface area (Å²) < 4.78 is 10.1. The monoisotopic (exact) mass is 155 g/mol. The Morgan fingerprint density at radius 1 is 1.67 bits per heavy atom.